The first-order valence-corrected chi connectivity index (χ1v) is 15.3. The number of hydrogen-bond acceptors (Lipinski definition) is 2. The molecule has 3 heterocycles. The van der Waals surface area contributed by atoms with Crippen molar-refractivity contribution in [1.82, 2.24) is 9.97 Å². The van der Waals surface area contributed by atoms with Crippen LogP contribution in [-0.2, 0) is 24.7 Å². The van der Waals surface area contributed by atoms with Crippen LogP contribution < -0.4 is 11.1 Å². The lowest BCUT2D eigenvalue weighted by molar-refractivity contribution is 0.574. The molecule has 3 aromatic carbocycles. The number of unbranched alkanes of at least 4 members (excludes halogenated alkanes) is 2. The average molecular weight is 533 g/mol. The molecule has 0 aliphatic carbocycles. The molecule has 0 unspecified atom stereocenters. The van der Waals surface area contributed by atoms with E-state index in [1.165, 1.54) is 73.9 Å². The van der Waals surface area contributed by atoms with E-state index in [-0.39, 0.29) is 5.41 Å². The highest BCUT2D eigenvalue weighted by Crippen LogP contribution is 2.47. The second kappa shape index (κ2) is 10.4. The topological polar surface area (TPSA) is 69.6 Å². The number of aryl methyl sites for hydroxylation is 2. The number of nitrogens with one attached hydrogen (secondary N) is 3. The molecule has 1 aliphatic heterocycles. The largest absolute Gasteiger partial charge is 0.398 e. The summed E-state index contributed by atoms with van der Waals surface area (Å²) in [5.74, 6) is 0. The molecule has 4 nitrogen and oxygen atoms in total. The fourth-order valence-electron chi connectivity index (χ4n) is 6.61. The van der Waals surface area contributed by atoms with Gasteiger partial charge in [-0.3, -0.25) is 0 Å². The lowest BCUT2D eigenvalue weighted by Gasteiger charge is -2.21. The summed E-state index contributed by atoms with van der Waals surface area (Å²) in [5, 5.41) is 6.12. The van der Waals surface area contributed by atoms with Crippen molar-refractivity contribution in [3.63, 3.8) is 0 Å². The second-order valence-electron chi connectivity index (χ2n) is 12.7. The number of nitrogen functional groups attached to an aromatic ring is 1. The van der Waals surface area contributed by atoms with Crippen LogP contribution in [0.25, 0.3) is 44.1 Å². The Balaban J connectivity index is 1.66. The van der Waals surface area contributed by atoms with Crippen molar-refractivity contribution in [2.75, 3.05) is 17.6 Å². The summed E-state index contributed by atoms with van der Waals surface area (Å²) >= 11 is 0. The van der Waals surface area contributed by atoms with Crippen molar-refractivity contribution in [2.45, 2.75) is 85.0 Å². The van der Waals surface area contributed by atoms with Gasteiger partial charge in [0.15, 0.2) is 0 Å². The van der Waals surface area contributed by atoms with Crippen molar-refractivity contribution < 1.29 is 0 Å². The normalized spacial score (nSPS) is 13.3. The van der Waals surface area contributed by atoms with Crippen molar-refractivity contribution in [3.05, 3.63) is 71.0 Å². The zero-order valence-electron chi connectivity index (χ0n) is 24.9. The average Bonchev–Trinajstić information content (AvgIpc) is 3.69. The van der Waals surface area contributed by atoms with E-state index in [9.17, 15) is 0 Å². The van der Waals surface area contributed by atoms with Gasteiger partial charge in [0.2, 0.25) is 0 Å². The van der Waals surface area contributed by atoms with E-state index in [2.05, 4.69) is 98.6 Å². The standard InChI is InChI=1S/C36H44N4/c1-6-8-10-22-12-14-29-24(16-18-38-29)32(22)27-20-23(11-9-7-2)33(25-17-19-39-35(25)27)34-26-21-31(36(3,4)5)40-30(26)15-13-28(34)37/h12-15,17,19-21,38-40H,6-11,16,18,37H2,1-5H3. The van der Waals surface area contributed by atoms with Gasteiger partial charge < -0.3 is 21.0 Å². The molecule has 5 N–H and O–H groups in total. The van der Waals surface area contributed by atoms with Gasteiger partial charge in [-0.2, -0.15) is 0 Å². The Labute approximate surface area is 238 Å². The highest BCUT2D eigenvalue weighted by Gasteiger charge is 2.25. The Morgan fingerprint density at radius 1 is 0.825 bits per heavy atom. The monoisotopic (exact) mass is 532 g/mol. The third kappa shape index (κ3) is 4.48. The molecule has 0 bridgehead atoms. The molecule has 0 radical (unpaired) electrons. The molecule has 0 atom stereocenters. The van der Waals surface area contributed by atoms with E-state index in [0.29, 0.717) is 0 Å². The van der Waals surface area contributed by atoms with Crippen LogP contribution in [0, 0.1) is 0 Å². The van der Waals surface area contributed by atoms with E-state index >= 15 is 0 Å². The lowest BCUT2D eigenvalue weighted by atomic mass is 9.84. The first-order valence-electron chi connectivity index (χ1n) is 15.3. The zero-order chi connectivity index (χ0) is 28.0. The summed E-state index contributed by atoms with van der Waals surface area (Å²) in [5.41, 5.74) is 22.2. The third-order valence-electron chi connectivity index (χ3n) is 8.78. The molecule has 4 heteroatoms. The molecule has 0 fully saturated rings. The zero-order valence-corrected chi connectivity index (χ0v) is 24.9. The minimum atomic E-state index is 0.0277. The van der Waals surface area contributed by atoms with Crippen LogP contribution in [0.4, 0.5) is 11.4 Å². The lowest BCUT2D eigenvalue weighted by Crippen LogP contribution is -2.10. The number of H-pyrrole nitrogens is 2. The van der Waals surface area contributed by atoms with Gasteiger partial charge in [0.1, 0.15) is 0 Å². The maximum absolute atomic E-state index is 6.86. The summed E-state index contributed by atoms with van der Waals surface area (Å²) in [6, 6.07) is 16.0. The van der Waals surface area contributed by atoms with E-state index in [0.717, 1.165) is 55.4 Å². The summed E-state index contributed by atoms with van der Waals surface area (Å²) in [6.45, 7) is 12.4. The van der Waals surface area contributed by atoms with Crippen LogP contribution in [0.2, 0.25) is 0 Å². The molecule has 0 amide bonds. The van der Waals surface area contributed by atoms with Gasteiger partial charge in [-0.15, -0.1) is 0 Å². The minimum absolute atomic E-state index is 0.0277. The number of nitrogens with two attached hydrogens (primary N) is 1. The summed E-state index contributed by atoms with van der Waals surface area (Å²) in [7, 11) is 0. The molecule has 1 aliphatic rings. The highest BCUT2D eigenvalue weighted by atomic mass is 14.9. The number of benzene rings is 3. The number of rotatable bonds is 8. The van der Waals surface area contributed by atoms with Crippen molar-refractivity contribution in [2.24, 2.45) is 0 Å². The molecule has 0 spiro atoms. The Morgan fingerprint density at radius 2 is 1.60 bits per heavy atom. The summed E-state index contributed by atoms with van der Waals surface area (Å²) < 4.78 is 0. The Morgan fingerprint density at radius 3 is 2.35 bits per heavy atom. The third-order valence-corrected chi connectivity index (χ3v) is 8.78. The van der Waals surface area contributed by atoms with Gasteiger partial charge in [-0.1, -0.05) is 53.5 Å². The quantitative estimate of drug-likeness (QED) is 0.150. The number of hydrogen-bond donors (Lipinski definition) is 4. The van der Waals surface area contributed by atoms with Crippen molar-refractivity contribution >= 4 is 33.2 Å². The molecular weight excluding hydrogens is 488 g/mol. The van der Waals surface area contributed by atoms with Gasteiger partial charge in [0, 0.05) is 62.6 Å². The van der Waals surface area contributed by atoms with Gasteiger partial charge in [-0.25, -0.2) is 0 Å². The van der Waals surface area contributed by atoms with Crippen LogP contribution >= 0.6 is 0 Å². The van der Waals surface area contributed by atoms with Gasteiger partial charge in [0.05, 0.1) is 5.52 Å². The van der Waals surface area contributed by atoms with Crippen molar-refractivity contribution in [3.8, 4) is 22.3 Å². The fraction of sp³-hybridized carbons (Fsp3) is 0.389. The van der Waals surface area contributed by atoms with Crippen LogP contribution in [0.3, 0.4) is 0 Å². The van der Waals surface area contributed by atoms with E-state index in [1.54, 1.807) is 0 Å². The summed E-state index contributed by atoms with van der Waals surface area (Å²) in [4.78, 5) is 7.38. The van der Waals surface area contributed by atoms with Crippen molar-refractivity contribution in [1.29, 1.82) is 0 Å². The fourth-order valence-corrected chi connectivity index (χ4v) is 6.61. The van der Waals surface area contributed by atoms with Gasteiger partial charge in [-0.05, 0) is 96.3 Å². The number of fused-ring (bicyclic) bond motifs is 3. The molecule has 2 aromatic heterocycles. The molecular formula is C36H44N4. The van der Waals surface area contributed by atoms with E-state index < -0.39 is 0 Å². The maximum atomic E-state index is 6.86. The summed E-state index contributed by atoms with van der Waals surface area (Å²) in [6.07, 6.45) is 10.0. The smallest absolute Gasteiger partial charge is 0.0540 e. The maximum Gasteiger partial charge on any atom is 0.0540 e. The predicted molar refractivity (Wildman–Crippen MR) is 174 cm³/mol. The number of anilines is 2. The molecule has 40 heavy (non-hydrogen) atoms. The van der Waals surface area contributed by atoms with Crippen LogP contribution in [0.15, 0.2) is 48.7 Å². The first kappa shape index (κ1) is 26.6. The molecule has 5 aromatic rings. The van der Waals surface area contributed by atoms with Crippen LogP contribution in [0.5, 0.6) is 0 Å². The Bertz CT molecular complexity index is 1690. The molecule has 0 saturated heterocycles. The van der Waals surface area contributed by atoms with Gasteiger partial charge >= 0.3 is 0 Å². The van der Waals surface area contributed by atoms with E-state index in [1.807, 2.05) is 0 Å². The molecule has 6 rings (SSSR count). The number of aromatic nitrogens is 2. The SMILES string of the molecule is CCCCc1ccc2c(c1-c1cc(CCCC)c(-c3c(N)ccc4[nH]c(C(C)(C)C)cc34)c3cc[nH]c13)CCN2. The van der Waals surface area contributed by atoms with Gasteiger partial charge in [0.25, 0.3) is 0 Å². The Kier molecular flexibility index (Phi) is 6.90. The minimum Gasteiger partial charge on any atom is -0.398 e. The highest BCUT2D eigenvalue weighted by molar-refractivity contribution is 6.13. The first-order chi connectivity index (χ1) is 19.3. The van der Waals surface area contributed by atoms with Crippen LogP contribution in [0.1, 0.15) is 82.7 Å². The molecule has 0 saturated carbocycles. The second-order valence-corrected chi connectivity index (χ2v) is 12.7. The Hall–Kier alpha value is -3.66. The van der Waals surface area contributed by atoms with Crippen LogP contribution in [-0.4, -0.2) is 16.5 Å². The molecule has 208 valence electrons. The van der Waals surface area contributed by atoms with E-state index in [4.69, 9.17) is 5.73 Å². The number of aromatic amines is 2. The predicted octanol–water partition coefficient (Wildman–Crippen LogP) is 9.52.